The molecule has 1 aromatic carbocycles. The Morgan fingerprint density at radius 3 is 2.73 bits per heavy atom. The number of aromatic amines is 1. The summed E-state index contributed by atoms with van der Waals surface area (Å²) in [5.41, 5.74) is 5.35. The number of benzene rings is 1. The van der Waals surface area contributed by atoms with Gasteiger partial charge in [0, 0.05) is 36.1 Å². The fraction of sp³-hybridized carbons (Fsp3) is 0.100. The van der Waals surface area contributed by atoms with Gasteiger partial charge in [-0.25, -0.2) is 0 Å². The van der Waals surface area contributed by atoms with E-state index in [0.717, 1.165) is 40.2 Å². The summed E-state index contributed by atoms with van der Waals surface area (Å²) >= 11 is 12.0. The molecule has 6 heteroatoms. The van der Waals surface area contributed by atoms with Gasteiger partial charge in [-0.15, -0.1) is 0 Å². The monoisotopic (exact) mass is 383 g/mol. The molecule has 0 aliphatic carbocycles. The molecular weight excluding hydrogens is 369 g/mol. The Balaban J connectivity index is 1.62. The van der Waals surface area contributed by atoms with Gasteiger partial charge in [-0.2, -0.15) is 0 Å². The highest BCUT2D eigenvalue weighted by molar-refractivity contribution is 6.42. The molecule has 3 heterocycles. The number of nitrogens with one attached hydrogen (secondary N) is 2. The molecule has 0 saturated heterocycles. The van der Waals surface area contributed by atoms with Crippen LogP contribution in [0.1, 0.15) is 27.3 Å². The third kappa shape index (κ3) is 3.39. The smallest absolute Gasteiger partial charge is 0.253 e. The maximum Gasteiger partial charge on any atom is 0.253 e. The second kappa shape index (κ2) is 6.98. The van der Waals surface area contributed by atoms with E-state index >= 15 is 0 Å². The van der Waals surface area contributed by atoms with E-state index in [1.54, 1.807) is 12.3 Å². The van der Waals surface area contributed by atoms with Crippen LogP contribution in [0.2, 0.25) is 10.0 Å². The van der Waals surface area contributed by atoms with Crippen LogP contribution in [0.25, 0.3) is 23.4 Å². The largest absolute Gasteiger partial charge is 0.358 e. The van der Waals surface area contributed by atoms with Gasteiger partial charge in [0.2, 0.25) is 0 Å². The van der Waals surface area contributed by atoms with E-state index in [4.69, 9.17) is 23.2 Å². The van der Waals surface area contributed by atoms with Crippen molar-refractivity contribution in [3.8, 4) is 11.3 Å². The molecular formula is C20H15Cl2N3O. The number of carbonyl (C=O) groups is 1. The zero-order valence-corrected chi connectivity index (χ0v) is 15.2. The number of nitrogens with zero attached hydrogens (tertiary/aromatic N) is 1. The van der Waals surface area contributed by atoms with Crippen molar-refractivity contribution in [2.45, 2.75) is 6.42 Å². The summed E-state index contributed by atoms with van der Waals surface area (Å²) < 4.78 is 0. The van der Waals surface area contributed by atoms with Gasteiger partial charge in [0.15, 0.2) is 0 Å². The highest BCUT2D eigenvalue weighted by Crippen LogP contribution is 2.26. The number of H-pyrrole nitrogens is 1. The summed E-state index contributed by atoms with van der Waals surface area (Å²) in [6.07, 6.45) is 6.42. The number of fused-ring (bicyclic) bond motifs is 1. The number of halogens is 2. The molecule has 2 N–H and O–H groups in total. The normalized spacial score (nSPS) is 13.7. The molecule has 0 radical (unpaired) electrons. The highest BCUT2D eigenvalue weighted by atomic mass is 35.5. The summed E-state index contributed by atoms with van der Waals surface area (Å²) in [6.45, 7) is 0.666. The van der Waals surface area contributed by atoms with Crippen LogP contribution >= 0.6 is 23.2 Å². The zero-order valence-electron chi connectivity index (χ0n) is 13.7. The van der Waals surface area contributed by atoms with Crippen LogP contribution < -0.4 is 5.32 Å². The van der Waals surface area contributed by atoms with E-state index in [1.165, 1.54) is 0 Å². The first-order chi connectivity index (χ1) is 12.6. The number of carbonyl (C=O) groups excluding carboxylic acids is 1. The lowest BCUT2D eigenvalue weighted by molar-refractivity contribution is 0.0946. The third-order valence-electron chi connectivity index (χ3n) is 4.29. The maximum atomic E-state index is 11.9. The van der Waals surface area contributed by atoms with Crippen molar-refractivity contribution in [1.29, 1.82) is 0 Å². The van der Waals surface area contributed by atoms with Crippen molar-refractivity contribution >= 4 is 41.3 Å². The molecule has 0 spiro atoms. The molecule has 4 nitrogen and oxygen atoms in total. The van der Waals surface area contributed by atoms with Gasteiger partial charge in [-0.1, -0.05) is 35.3 Å². The number of amides is 1. The fourth-order valence-corrected chi connectivity index (χ4v) is 3.26. The van der Waals surface area contributed by atoms with Crippen molar-refractivity contribution in [1.82, 2.24) is 15.3 Å². The Morgan fingerprint density at radius 2 is 1.92 bits per heavy atom. The van der Waals surface area contributed by atoms with E-state index in [1.807, 2.05) is 42.5 Å². The minimum absolute atomic E-state index is 0.0254. The molecule has 26 heavy (non-hydrogen) atoms. The van der Waals surface area contributed by atoms with E-state index in [-0.39, 0.29) is 5.91 Å². The van der Waals surface area contributed by atoms with Crippen molar-refractivity contribution in [3.63, 3.8) is 0 Å². The van der Waals surface area contributed by atoms with Crippen LogP contribution in [0.15, 0.2) is 42.6 Å². The molecule has 0 fully saturated rings. The summed E-state index contributed by atoms with van der Waals surface area (Å²) in [6, 6.07) is 11.3. The minimum Gasteiger partial charge on any atom is -0.358 e. The molecule has 0 unspecified atom stereocenters. The topological polar surface area (TPSA) is 57.8 Å². The first-order valence-electron chi connectivity index (χ1n) is 8.20. The van der Waals surface area contributed by atoms with Crippen molar-refractivity contribution < 1.29 is 4.79 Å². The van der Waals surface area contributed by atoms with E-state index in [9.17, 15) is 4.79 Å². The Labute approximate surface area is 160 Å². The summed E-state index contributed by atoms with van der Waals surface area (Å²) in [4.78, 5) is 19.7. The van der Waals surface area contributed by atoms with Crippen LogP contribution in [-0.2, 0) is 6.42 Å². The first kappa shape index (κ1) is 16.9. The first-order valence-corrected chi connectivity index (χ1v) is 8.95. The van der Waals surface area contributed by atoms with Crippen LogP contribution in [0.5, 0.6) is 0 Å². The quantitative estimate of drug-likeness (QED) is 0.679. The lowest BCUT2D eigenvalue weighted by Crippen LogP contribution is -2.31. The van der Waals surface area contributed by atoms with Gasteiger partial charge in [0.25, 0.3) is 5.91 Å². The number of hydrogen-bond acceptors (Lipinski definition) is 2. The van der Waals surface area contributed by atoms with Crippen LogP contribution in [0.4, 0.5) is 0 Å². The molecule has 0 atom stereocenters. The molecule has 1 aliphatic heterocycles. The van der Waals surface area contributed by atoms with Crippen LogP contribution in [0.3, 0.4) is 0 Å². The van der Waals surface area contributed by atoms with Crippen LogP contribution in [-0.4, -0.2) is 22.4 Å². The highest BCUT2D eigenvalue weighted by Gasteiger charge is 2.19. The molecule has 0 saturated carbocycles. The number of hydrogen-bond donors (Lipinski definition) is 2. The summed E-state index contributed by atoms with van der Waals surface area (Å²) in [7, 11) is 0. The zero-order chi connectivity index (χ0) is 18.1. The summed E-state index contributed by atoms with van der Waals surface area (Å²) in [5, 5.41) is 3.91. The molecule has 2 aromatic heterocycles. The predicted molar refractivity (Wildman–Crippen MR) is 105 cm³/mol. The van der Waals surface area contributed by atoms with E-state index in [0.29, 0.717) is 16.6 Å². The average molecular weight is 384 g/mol. The number of aromatic nitrogens is 2. The van der Waals surface area contributed by atoms with Gasteiger partial charge in [0.1, 0.15) is 0 Å². The maximum absolute atomic E-state index is 11.9. The molecule has 0 bridgehead atoms. The fourth-order valence-electron chi connectivity index (χ4n) is 2.95. The molecule has 1 aliphatic rings. The Kier molecular flexibility index (Phi) is 4.53. The Morgan fingerprint density at radius 1 is 1.04 bits per heavy atom. The van der Waals surface area contributed by atoms with Gasteiger partial charge >= 0.3 is 0 Å². The van der Waals surface area contributed by atoms with E-state index < -0.39 is 0 Å². The van der Waals surface area contributed by atoms with Crippen molar-refractivity contribution in [2.75, 3.05) is 6.54 Å². The Bertz CT molecular complexity index is 1020. The van der Waals surface area contributed by atoms with Gasteiger partial charge in [0.05, 0.1) is 21.3 Å². The lowest BCUT2D eigenvalue weighted by Gasteiger charge is -2.10. The van der Waals surface area contributed by atoms with Gasteiger partial charge < -0.3 is 10.3 Å². The average Bonchev–Trinajstić information content (AvgIpc) is 3.09. The second-order valence-corrected chi connectivity index (χ2v) is 6.87. The van der Waals surface area contributed by atoms with E-state index in [2.05, 4.69) is 15.3 Å². The lowest BCUT2D eigenvalue weighted by atomic mass is 10.1. The van der Waals surface area contributed by atoms with Gasteiger partial charge in [-0.05, 0) is 42.0 Å². The number of pyridine rings is 1. The second-order valence-electron chi connectivity index (χ2n) is 6.06. The summed E-state index contributed by atoms with van der Waals surface area (Å²) in [5.74, 6) is -0.0254. The van der Waals surface area contributed by atoms with Gasteiger partial charge in [-0.3, -0.25) is 9.78 Å². The predicted octanol–water partition coefficient (Wildman–Crippen LogP) is 4.84. The molecule has 130 valence electrons. The van der Waals surface area contributed by atoms with Crippen LogP contribution in [0, 0.1) is 0 Å². The van der Waals surface area contributed by atoms with Crippen molar-refractivity contribution in [2.24, 2.45) is 0 Å². The molecule has 1 amide bonds. The third-order valence-corrected chi connectivity index (χ3v) is 5.03. The number of rotatable bonds is 3. The SMILES string of the molecule is O=C1NCCc2[nH]c(-c3ccnc(/C=C/c4ccc(Cl)c(Cl)c4)c3)cc21. The minimum atomic E-state index is -0.0254. The van der Waals surface area contributed by atoms with Crippen molar-refractivity contribution in [3.05, 3.63) is 75.2 Å². The molecule has 3 aromatic rings. The standard InChI is InChI=1S/C20H15Cl2N3O/c21-16-4-2-12(9-17(16)22)1-3-14-10-13(5-7-23-14)19-11-15-18(25-19)6-8-24-20(15)26/h1-5,7,9-11,25H,6,8H2,(H,24,26)/b3-1+. The molecule has 4 rings (SSSR count). The Hall–Kier alpha value is -2.56.